The van der Waals surface area contributed by atoms with Crippen molar-refractivity contribution in [2.45, 2.75) is 45.3 Å². The van der Waals surface area contributed by atoms with E-state index < -0.39 is 11.5 Å². The Kier molecular flexibility index (Phi) is 6.20. The van der Waals surface area contributed by atoms with E-state index in [4.69, 9.17) is 15.6 Å². The summed E-state index contributed by atoms with van der Waals surface area (Å²) in [6.07, 6.45) is 6.29. The van der Waals surface area contributed by atoms with Gasteiger partial charge in [0.2, 0.25) is 11.8 Å². The second-order valence-electron chi connectivity index (χ2n) is 8.93. The van der Waals surface area contributed by atoms with Crippen LogP contribution in [0.4, 0.5) is 5.69 Å². The van der Waals surface area contributed by atoms with Crippen LogP contribution in [0.3, 0.4) is 0 Å². The molecule has 1 aliphatic rings. The molecule has 0 bridgehead atoms. The largest absolute Gasteiger partial charge is 0.472 e. The van der Waals surface area contributed by atoms with Crippen LogP contribution in [-0.4, -0.2) is 37.8 Å². The first kappa shape index (κ1) is 22.5. The van der Waals surface area contributed by atoms with Crippen LogP contribution in [0.25, 0.3) is 5.65 Å². The SMILES string of the molecule is CC1=CC(c2cnc3c(NCC(C)(C)O)cc(OCc4ccccc4)nn23)CC=C1C(N)=O. The summed E-state index contributed by atoms with van der Waals surface area (Å²) in [5.41, 5.74) is 9.22. The van der Waals surface area contributed by atoms with E-state index in [1.54, 1.807) is 30.6 Å². The standard InChI is InChI=1S/C25H29N5O3/c1-16-11-18(9-10-19(16)23(26)31)21-13-27-24-20(28-15-25(2,3)32)12-22(29-30(21)24)33-14-17-7-5-4-6-8-17/h4-8,10-13,18,28,32H,9,14-15H2,1-3H3,(H2,26,31). The Morgan fingerprint density at radius 1 is 1.33 bits per heavy atom. The molecule has 8 heteroatoms. The Hall–Kier alpha value is -3.65. The average molecular weight is 448 g/mol. The lowest BCUT2D eigenvalue weighted by Crippen LogP contribution is -2.29. The van der Waals surface area contributed by atoms with E-state index in [0.29, 0.717) is 42.4 Å². The molecule has 1 unspecified atom stereocenters. The van der Waals surface area contributed by atoms with Gasteiger partial charge in [0, 0.05) is 24.1 Å². The highest BCUT2D eigenvalue weighted by Gasteiger charge is 2.23. The van der Waals surface area contributed by atoms with Crippen LogP contribution in [0.1, 0.15) is 44.4 Å². The molecule has 0 saturated heterocycles. The van der Waals surface area contributed by atoms with Crippen molar-refractivity contribution in [2.75, 3.05) is 11.9 Å². The third kappa shape index (κ3) is 5.23. The molecule has 3 aromatic rings. The summed E-state index contributed by atoms with van der Waals surface area (Å²) in [5, 5.41) is 18.2. The molecule has 0 aliphatic heterocycles. The number of anilines is 1. The van der Waals surface area contributed by atoms with Crippen molar-refractivity contribution in [3.05, 3.63) is 77.2 Å². The Bertz CT molecular complexity index is 1220. The van der Waals surface area contributed by atoms with Gasteiger partial charge in [-0.15, -0.1) is 5.10 Å². The zero-order valence-electron chi connectivity index (χ0n) is 19.1. The van der Waals surface area contributed by atoms with Crippen molar-refractivity contribution >= 4 is 17.2 Å². The smallest absolute Gasteiger partial charge is 0.248 e. The van der Waals surface area contributed by atoms with Crippen molar-refractivity contribution < 1.29 is 14.6 Å². The van der Waals surface area contributed by atoms with Crippen LogP contribution in [0.15, 0.2) is 65.9 Å². The topological polar surface area (TPSA) is 115 Å². The Labute approximate surface area is 192 Å². The molecule has 1 aromatic carbocycles. The van der Waals surface area contributed by atoms with Gasteiger partial charge in [0.05, 0.1) is 23.2 Å². The summed E-state index contributed by atoms with van der Waals surface area (Å²) < 4.78 is 7.77. The van der Waals surface area contributed by atoms with E-state index in [0.717, 1.165) is 16.8 Å². The van der Waals surface area contributed by atoms with Gasteiger partial charge in [0.1, 0.15) is 6.61 Å². The van der Waals surface area contributed by atoms with Crippen LogP contribution >= 0.6 is 0 Å². The number of hydrogen-bond donors (Lipinski definition) is 3. The molecule has 0 radical (unpaired) electrons. The number of amides is 1. The number of ether oxygens (including phenoxy) is 1. The van der Waals surface area contributed by atoms with Gasteiger partial charge >= 0.3 is 0 Å². The summed E-state index contributed by atoms with van der Waals surface area (Å²) in [5.74, 6) is 0.00371. The first-order valence-electron chi connectivity index (χ1n) is 10.9. The van der Waals surface area contributed by atoms with Crippen molar-refractivity contribution in [1.82, 2.24) is 14.6 Å². The lowest BCUT2D eigenvalue weighted by atomic mass is 9.89. The van der Waals surface area contributed by atoms with E-state index in [1.807, 2.05) is 49.4 Å². The lowest BCUT2D eigenvalue weighted by Gasteiger charge is -2.20. The number of aromatic nitrogens is 3. The number of fused-ring (bicyclic) bond motifs is 1. The fraction of sp³-hybridized carbons (Fsp3) is 0.320. The number of benzene rings is 1. The number of carbonyl (C=O) groups excluding carboxylic acids is 1. The van der Waals surface area contributed by atoms with Crippen LogP contribution in [0.5, 0.6) is 5.88 Å². The van der Waals surface area contributed by atoms with Crippen molar-refractivity contribution in [1.29, 1.82) is 0 Å². The van der Waals surface area contributed by atoms with Gasteiger partial charge in [-0.25, -0.2) is 9.50 Å². The number of imidazole rings is 1. The summed E-state index contributed by atoms with van der Waals surface area (Å²) >= 11 is 0. The number of carbonyl (C=O) groups is 1. The number of nitrogens with two attached hydrogens (primary N) is 1. The van der Waals surface area contributed by atoms with Crippen LogP contribution in [-0.2, 0) is 11.4 Å². The second-order valence-corrected chi connectivity index (χ2v) is 8.93. The number of allylic oxidation sites excluding steroid dienone is 2. The molecule has 1 aliphatic carbocycles. The maximum absolute atomic E-state index is 11.6. The van der Waals surface area contributed by atoms with Gasteiger partial charge in [-0.2, -0.15) is 0 Å². The number of aliphatic hydroxyl groups is 1. The molecule has 8 nitrogen and oxygen atoms in total. The quantitative estimate of drug-likeness (QED) is 0.488. The molecular weight excluding hydrogens is 418 g/mol. The highest BCUT2D eigenvalue weighted by atomic mass is 16.5. The minimum absolute atomic E-state index is 0.0119. The molecule has 172 valence electrons. The molecule has 1 amide bonds. The number of nitrogens with one attached hydrogen (secondary N) is 1. The molecule has 0 fully saturated rings. The zero-order valence-corrected chi connectivity index (χ0v) is 19.1. The maximum atomic E-state index is 11.6. The predicted octanol–water partition coefficient (Wildman–Crippen LogP) is 3.34. The third-order valence-corrected chi connectivity index (χ3v) is 5.51. The van der Waals surface area contributed by atoms with Crippen LogP contribution < -0.4 is 15.8 Å². The van der Waals surface area contributed by atoms with E-state index in [-0.39, 0.29) is 5.92 Å². The summed E-state index contributed by atoms with van der Waals surface area (Å²) in [6.45, 7) is 6.06. The molecule has 2 heterocycles. The number of primary amides is 1. The normalized spacial score (nSPS) is 16.3. The minimum atomic E-state index is -0.903. The Balaban J connectivity index is 1.69. The van der Waals surface area contributed by atoms with Gasteiger partial charge in [-0.1, -0.05) is 42.5 Å². The summed E-state index contributed by atoms with van der Waals surface area (Å²) in [4.78, 5) is 16.2. The first-order chi connectivity index (χ1) is 15.7. The minimum Gasteiger partial charge on any atom is -0.472 e. The Morgan fingerprint density at radius 3 is 2.76 bits per heavy atom. The van der Waals surface area contributed by atoms with E-state index in [9.17, 15) is 9.90 Å². The molecule has 1 atom stereocenters. The number of hydrogen-bond acceptors (Lipinski definition) is 6. The van der Waals surface area contributed by atoms with Gasteiger partial charge in [0.25, 0.3) is 0 Å². The zero-order chi connectivity index (χ0) is 23.6. The number of nitrogens with zero attached hydrogens (tertiary/aromatic N) is 3. The van der Waals surface area contributed by atoms with Gasteiger partial charge < -0.3 is 20.9 Å². The summed E-state index contributed by atoms with van der Waals surface area (Å²) in [7, 11) is 0. The van der Waals surface area contributed by atoms with Gasteiger partial charge in [-0.05, 0) is 38.3 Å². The van der Waals surface area contributed by atoms with Crippen molar-refractivity contribution in [2.24, 2.45) is 5.73 Å². The van der Waals surface area contributed by atoms with Gasteiger partial charge in [0.15, 0.2) is 5.65 Å². The Morgan fingerprint density at radius 2 is 2.09 bits per heavy atom. The molecule has 4 rings (SSSR count). The molecule has 2 aromatic heterocycles. The fourth-order valence-corrected chi connectivity index (χ4v) is 3.83. The van der Waals surface area contributed by atoms with Crippen LogP contribution in [0, 0.1) is 0 Å². The molecule has 0 saturated carbocycles. The summed E-state index contributed by atoms with van der Waals surface area (Å²) in [6, 6.07) is 11.7. The van der Waals surface area contributed by atoms with Crippen molar-refractivity contribution in [3.63, 3.8) is 0 Å². The maximum Gasteiger partial charge on any atom is 0.248 e. The van der Waals surface area contributed by atoms with E-state index >= 15 is 0 Å². The molecule has 33 heavy (non-hydrogen) atoms. The highest BCUT2D eigenvalue weighted by Crippen LogP contribution is 2.32. The van der Waals surface area contributed by atoms with Crippen LogP contribution in [0.2, 0.25) is 0 Å². The first-order valence-corrected chi connectivity index (χ1v) is 10.9. The second kappa shape index (κ2) is 9.07. The highest BCUT2D eigenvalue weighted by molar-refractivity contribution is 5.96. The lowest BCUT2D eigenvalue weighted by molar-refractivity contribution is -0.114. The van der Waals surface area contributed by atoms with E-state index in [2.05, 4.69) is 10.3 Å². The monoisotopic (exact) mass is 447 g/mol. The number of rotatable bonds is 8. The van der Waals surface area contributed by atoms with E-state index in [1.165, 1.54) is 0 Å². The third-order valence-electron chi connectivity index (χ3n) is 5.51. The molecule has 0 spiro atoms. The molecular formula is C25H29N5O3. The predicted molar refractivity (Wildman–Crippen MR) is 127 cm³/mol. The van der Waals surface area contributed by atoms with Gasteiger partial charge in [-0.3, -0.25) is 4.79 Å². The fourth-order valence-electron chi connectivity index (χ4n) is 3.83. The van der Waals surface area contributed by atoms with Crippen molar-refractivity contribution in [3.8, 4) is 5.88 Å². The molecule has 4 N–H and O–H groups in total. The average Bonchev–Trinajstić information content (AvgIpc) is 3.20.